The molecular formula is C14H10BrClF2N2O. The van der Waals surface area contributed by atoms with Gasteiger partial charge in [-0.05, 0) is 30.3 Å². The van der Waals surface area contributed by atoms with Gasteiger partial charge in [0.25, 0.3) is 5.91 Å². The normalized spacial score (nSPS) is 10.3. The van der Waals surface area contributed by atoms with Crippen LogP contribution in [0.3, 0.4) is 0 Å². The van der Waals surface area contributed by atoms with Crippen LogP contribution in [0.5, 0.6) is 0 Å². The summed E-state index contributed by atoms with van der Waals surface area (Å²) in [5, 5.41) is 5.21. The molecule has 3 nitrogen and oxygen atoms in total. The first kappa shape index (κ1) is 15.7. The fraction of sp³-hybridized carbons (Fsp3) is 0.0714. The van der Waals surface area contributed by atoms with Gasteiger partial charge in [-0.1, -0.05) is 27.5 Å². The highest BCUT2D eigenvalue weighted by Crippen LogP contribution is 2.27. The Morgan fingerprint density at radius 1 is 1.19 bits per heavy atom. The summed E-state index contributed by atoms with van der Waals surface area (Å²) in [6, 6.07) is 6.80. The van der Waals surface area contributed by atoms with Crippen molar-refractivity contribution in [2.45, 2.75) is 0 Å². The highest BCUT2D eigenvalue weighted by Gasteiger charge is 2.15. The lowest BCUT2D eigenvalue weighted by Gasteiger charge is -2.10. The number of halogens is 4. The minimum Gasteiger partial charge on any atom is -0.383 e. The van der Waals surface area contributed by atoms with Crippen LogP contribution in [0.2, 0.25) is 5.02 Å². The van der Waals surface area contributed by atoms with Gasteiger partial charge >= 0.3 is 0 Å². The lowest BCUT2D eigenvalue weighted by Crippen LogP contribution is -2.13. The fourth-order valence-corrected chi connectivity index (χ4v) is 2.26. The molecule has 0 bridgehead atoms. The van der Waals surface area contributed by atoms with Gasteiger partial charge in [-0.2, -0.15) is 0 Å². The molecule has 0 radical (unpaired) electrons. The molecule has 0 unspecified atom stereocenters. The number of hydrogen-bond acceptors (Lipinski definition) is 2. The second-order valence-electron chi connectivity index (χ2n) is 4.14. The largest absolute Gasteiger partial charge is 0.383 e. The van der Waals surface area contributed by atoms with Gasteiger partial charge in [0, 0.05) is 17.1 Å². The highest BCUT2D eigenvalue weighted by molar-refractivity contribution is 9.10. The molecule has 0 aliphatic carbocycles. The van der Waals surface area contributed by atoms with Crippen LogP contribution in [0.25, 0.3) is 0 Å². The van der Waals surface area contributed by atoms with Crippen LogP contribution in [-0.4, -0.2) is 13.0 Å². The van der Waals surface area contributed by atoms with Crippen LogP contribution in [-0.2, 0) is 0 Å². The fourth-order valence-electron chi connectivity index (χ4n) is 1.73. The zero-order valence-corrected chi connectivity index (χ0v) is 13.1. The number of anilines is 2. The summed E-state index contributed by atoms with van der Waals surface area (Å²) >= 11 is 9.19. The third kappa shape index (κ3) is 3.51. The topological polar surface area (TPSA) is 41.1 Å². The number of benzene rings is 2. The van der Waals surface area contributed by atoms with Gasteiger partial charge in [-0.3, -0.25) is 4.79 Å². The smallest absolute Gasteiger partial charge is 0.255 e. The Hall–Kier alpha value is -1.66. The molecule has 2 aromatic carbocycles. The third-order valence-corrected chi connectivity index (χ3v) is 3.55. The molecule has 0 aliphatic heterocycles. The molecule has 0 spiro atoms. The number of hydrogen-bond donors (Lipinski definition) is 2. The van der Waals surface area contributed by atoms with Crippen molar-refractivity contribution in [2.75, 3.05) is 17.7 Å². The predicted octanol–water partition coefficient (Wildman–Crippen LogP) is 4.67. The molecule has 110 valence electrons. The van der Waals surface area contributed by atoms with E-state index in [4.69, 9.17) is 11.6 Å². The van der Waals surface area contributed by atoms with E-state index in [2.05, 4.69) is 26.6 Å². The molecule has 2 rings (SSSR count). The zero-order chi connectivity index (χ0) is 15.6. The van der Waals surface area contributed by atoms with Crippen molar-refractivity contribution in [2.24, 2.45) is 0 Å². The highest BCUT2D eigenvalue weighted by atomic mass is 79.9. The maximum atomic E-state index is 13.6. The molecule has 0 fully saturated rings. The van der Waals surface area contributed by atoms with Crippen molar-refractivity contribution in [3.05, 3.63) is 57.0 Å². The summed E-state index contributed by atoms with van der Waals surface area (Å²) in [6.07, 6.45) is 0. The Labute approximate surface area is 133 Å². The first-order valence-electron chi connectivity index (χ1n) is 5.85. The standard InChI is InChI=1S/C14H10BrClF2N2O/c1-19-13-10(17)4-7(5-11(13)18)14(21)20-12-6-8(15)2-3-9(12)16/h2-6,19H,1H3,(H,20,21). The summed E-state index contributed by atoms with van der Waals surface area (Å²) in [5.41, 5.74) is -0.0818. The summed E-state index contributed by atoms with van der Waals surface area (Å²) in [4.78, 5) is 12.0. The van der Waals surface area contributed by atoms with E-state index in [-0.39, 0.29) is 11.3 Å². The molecule has 0 heterocycles. The van der Waals surface area contributed by atoms with Gasteiger partial charge in [0.2, 0.25) is 0 Å². The maximum Gasteiger partial charge on any atom is 0.255 e. The summed E-state index contributed by atoms with van der Waals surface area (Å²) in [6.45, 7) is 0. The van der Waals surface area contributed by atoms with E-state index in [1.807, 2.05) is 0 Å². The lowest BCUT2D eigenvalue weighted by atomic mass is 10.1. The van der Waals surface area contributed by atoms with Gasteiger partial charge in [-0.25, -0.2) is 8.78 Å². The lowest BCUT2D eigenvalue weighted by molar-refractivity contribution is 0.102. The van der Waals surface area contributed by atoms with Crippen molar-refractivity contribution in [1.82, 2.24) is 0 Å². The van der Waals surface area contributed by atoms with Gasteiger partial charge in [0.15, 0.2) is 0 Å². The first-order chi connectivity index (χ1) is 9.92. The van der Waals surface area contributed by atoms with Crippen molar-refractivity contribution < 1.29 is 13.6 Å². The van der Waals surface area contributed by atoms with E-state index in [0.29, 0.717) is 15.2 Å². The maximum absolute atomic E-state index is 13.6. The van der Waals surface area contributed by atoms with E-state index in [9.17, 15) is 13.6 Å². The zero-order valence-electron chi connectivity index (χ0n) is 10.8. The Morgan fingerprint density at radius 2 is 1.81 bits per heavy atom. The van der Waals surface area contributed by atoms with Crippen LogP contribution in [0.4, 0.5) is 20.2 Å². The van der Waals surface area contributed by atoms with Gasteiger partial charge in [0.1, 0.15) is 17.3 Å². The number of carbonyl (C=O) groups is 1. The number of carbonyl (C=O) groups excluding carboxylic acids is 1. The number of amides is 1. The van der Waals surface area contributed by atoms with Crippen LogP contribution >= 0.6 is 27.5 Å². The molecule has 0 aliphatic rings. The monoisotopic (exact) mass is 374 g/mol. The number of nitrogens with one attached hydrogen (secondary N) is 2. The predicted molar refractivity (Wildman–Crippen MR) is 83.0 cm³/mol. The second-order valence-corrected chi connectivity index (χ2v) is 5.47. The Morgan fingerprint density at radius 3 is 2.38 bits per heavy atom. The molecule has 1 amide bonds. The summed E-state index contributed by atoms with van der Waals surface area (Å²) in [5.74, 6) is -2.35. The van der Waals surface area contributed by atoms with Crippen LogP contribution in [0.1, 0.15) is 10.4 Å². The third-order valence-electron chi connectivity index (χ3n) is 2.73. The summed E-state index contributed by atoms with van der Waals surface area (Å²) in [7, 11) is 1.39. The average Bonchev–Trinajstić information content (AvgIpc) is 2.42. The van der Waals surface area contributed by atoms with E-state index >= 15 is 0 Å². The quantitative estimate of drug-likeness (QED) is 0.818. The van der Waals surface area contributed by atoms with E-state index in [1.54, 1.807) is 18.2 Å². The average molecular weight is 376 g/mol. The van der Waals surface area contributed by atoms with Gasteiger partial charge < -0.3 is 10.6 Å². The molecular weight excluding hydrogens is 366 g/mol. The molecule has 7 heteroatoms. The molecule has 0 saturated carbocycles. The van der Waals surface area contributed by atoms with Gasteiger partial charge in [0.05, 0.1) is 10.7 Å². The van der Waals surface area contributed by atoms with Crippen LogP contribution in [0, 0.1) is 11.6 Å². The Balaban J connectivity index is 2.31. The van der Waals surface area contributed by atoms with E-state index < -0.39 is 17.5 Å². The molecule has 0 atom stereocenters. The molecule has 21 heavy (non-hydrogen) atoms. The first-order valence-corrected chi connectivity index (χ1v) is 7.02. The molecule has 0 aromatic heterocycles. The van der Waals surface area contributed by atoms with Crippen molar-refractivity contribution in [1.29, 1.82) is 0 Å². The minimum atomic E-state index is -0.844. The van der Waals surface area contributed by atoms with E-state index in [1.165, 1.54) is 7.05 Å². The van der Waals surface area contributed by atoms with E-state index in [0.717, 1.165) is 12.1 Å². The van der Waals surface area contributed by atoms with Gasteiger partial charge in [-0.15, -0.1) is 0 Å². The summed E-state index contributed by atoms with van der Waals surface area (Å²) < 4.78 is 28.0. The Kier molecular flexibility index (Phi) is 4.80. The molecule has 0 saturated heterocycles. The van der Waals surface area contributed by atoms with Crippen molar-refractivity contribution in [3.8, 4) is 0 Å². The van der Waals surface area contributed by atoms with Crippen molar-refractivity contribution >= 4 is 44.8 Å². The minimum absolute atomic E-state index is 0.139. The number of rotatable bonds is 3. The molecule has 2 N–H and O–H groups in total. The SMILES string of the molecule is CNc1c(F)cc(C(=O)Nc2cc(Br)ccc2Cl)cc1F. The van der Waals surface area contributed by atoms with Crippen LogP contribution in [0.15, 0.2) is 34.8 Å². The Bertz CT molecular complexity index is 686. The van der Waals surface area contributed by atoms with Crippen molar-refractivity contribution in [3.63, 3.8) is 0 Å². The molecule has 2 aromatic rings. The second kappa shape index (κ2) is 6.41. The van der Waals surface area contributed by atoms with Crippen LogP contribution < -0.4 is 10.6 Å².